The molecule has 2 fully saturated rings. The van der Waals surface area contributed by atoms with E-state index in [9.17, 15) is 43.1 Å². The highest BCUT2D eigenvalue weighted by Crippen LogP contribution is 2.48. The third-order valence-corrected chi connectivity index (χ3v) is 13.2. The van der Waals surface area contributed by atoms with Gasteiger partial charge in [0.15, 0.2) is 0 Å². The number of phosphoric acid groups is 1. The summed E-state index contributed by atoms with van der Waals surface area (Å²) in [6.07, 6.45) is 3.97. The molecule has 30 heteroatoms. The molecular formula is C41H77N7O19P2S2. The number of amides is 7. The van der Waals surface area contributed by atoms with Crippen LogP contribution in [0.2, 0.25) is 0 Å². The number of urea groups is 1. The molecule has 10 N–H and O–H groups in total. The van der Waals surface area contributed by atoms with E-state index < -0.39 is 63.0 Å². The van der Waals surface area contributed by atoms with Crippen LogP contribution in [0.25, 0.3) is 0 Å². The fourth-order valence-corrected chi connectivity index (χ4v) is 9.89. The summed E-state index contributed by atoms with van der Waals surface area (Å²) in [4.78, 5) is 95.7. The Bertz CT molecular complexity index is 1720. The van der Waals surface area contributed by atoms with Crippen molar-refractivity contribution in [2.24, 2.45) is 0 Å². The quantitative estimate of drug-likeness (QED) is 0.0159. The normalized spacial score (nSPS) is 18.7. The van der Waals surface area contributed by atoms with Crippen molar-refractivity contribution >= 4 is 73.7 Å². The van der Waals surface area contributed by atoms with Crippen molar-refractivity contribution in [3.8, 4) is 0 Å². The minimum atomic E-state index is -4.59. The van der Waals surface area contributed by atoms with Gasteiger partial charge in [-0.15, -0.1) is 0 Å². The van der Waals surface area contributed by atoms with Crippen molar-refractivity contribution < 1.29 is 90.0 Å². The van der Waals surface area contributed by atoms with Crippen LogP contribution in [-0.2, 0) is 82.3 Å². The van der Waals surface area contributed by atoms with E-state index in [4.69, 9.17) is 43.4 Å². The maximum Gasteiger partial charge on any atom is 0.472 e. The number of thioether (sulfide) groups is 1. The van der Waals surface area contributed by atoms with Crippen molar-refractivity contribution in [3.05, 3.63) is 0 Å². The zero-order chi connectivity index (χ0) is 53.1. The molecular weight excluding hydrogens is 1020 g/mol. The van der Waals surface area contributed by atoms with Gasteiger partial charge in [0.25, 0.3) is 0 Å². The molecule has 2 aliphatic heterocycles. The van der Waals surface area contributed by atoms with Gasteiger partial charge in [0.2, 0.25) is 7.34 Å². The first kappa shape index (κ1) is 62.7. The van der Waals surface area contributed by atoms with Crippen LogP contribution < -0.4 is 37.2 Å². The minimum absolute atomic E-state index is 0.0403. The number of carbonyl (C=O) groups is 6. The Balaban J connectivity index is 1.30. The summed E-state index contributed by atoms with van der Waals surface area (Å²) in [5.74, 6) is -2.57. The van der Waals surface area contributed by atoms with Crippen LogP contribution >= 0.6 is 26.3 Å². The first-order valence-corrected chi connectivity index (χ1v) is 28.8. The third-order valence-electron chi connectivity index (χ3n) is 9.61. The van der Waals surface area contributed by atoms with Gasteiger partial charge in [-0.05, 0) is 71.1 Å². The van der Waals surface area contributed by atoms with Crippen LogP contribution in [0.1, 0.15) is 72.1 Å². The van der Waals surface area contributed by atoms with Crippen molar-refractivity contribution in [2.45, 2.75) is 101 Å². The summed E-state index contributed by atoms with van der Waals surface area (Å²) in [6, 6.07) is 0.340. The molecule has 412 valence electrons. The molecule has 7 amide bonds. The molecule has 2 aliphatic rings. The van der Waals surface area contributed by atoms with Crippen molar-refractivity contribution in [1.29, 1.82) is 1.43 Å². The highest BCUT2D eigenvalue weighted by atomic mass is 32.5. The molecule has 2 saturated heterocycles. The SMILES string of the molecule is [3H]OP(O)(=S)OC(CNC(=O)C(=O)NCCCOCCOCCOCCCNC(=O)C(=O)NCCCOCCOCCOCCCNC(=O)CCCCC1SCC2NC(=O)NC21)COP(=O)(O)OC(C)(C)C. The number of ether oxygens (including phenoxy) is 6. The summed E-state index contributed by atoms with van der Waals surface area (Å²) in [7, 11) is -4.59. The fourth-order valence-electron chi connectivity index (χ4n) is 6.37. The Labute approximate surface area is 426 Å². The second-order valence-corrected chi connectivity index (χ2v) is 22.1. The Kier molecular flexibility index (Phi) is 32.8. The highest BCUT2D eigenvalue weighted by Gasteiger charge is 2.42. The number of carbonyl (C=O) groups excluding carboxylic acids is 6. The number of unbranched alkanes of at least 4 members (excludes halogenated alkanes) is 1. The van der Waals surface area contributed by atoms with Gasteiger partial charge in [0.1, 0.15) is 6.10 Å². The lowest BCUT2D eigenvalue weighted by molar-refractivity contribution is -0.139. The lowest BCUT2D eigenvalue weighted by Gasteiger charge is -2.25. The van der Waals surface area contributed by atoms with E-state index in [0.717, 1.165) is 25.0 Å². The molecule has 0 saturated carbocycles. The molecule has 0 aromatic rings. The Morgan fingerprint density at radius 2 is 1.15 bits per heavy atom. The number of fused-ring (bicyclic) bond motifs is 1. The van der Waals surface area contributed by atoms with Crippen LogP contribution in [0.3, 0.4) is 0 Å². The minimum Gasteiger partial charge on any atom is -0.379 e. The largest absolute Gasteiger partial charge is 0.472 e. The molecule has 6 atom stereocenters. The molecule has 6 unspecified atom stereocenters. The molecule has 0 aromatic heterocycles. The molecule has 0 aromatic carbocycles. The predicted octanol–water partition coefficient (Wildman–Crippen LogP) is -0.520. The maximum atomic E-state index is 12.2. The van der Waals surface area contributed by atoms with Gasteiger partial charge in [-0.25, -0.2) is 9.36 Å². The van der Waals surface area contributed by atoms with Crippen molar-refractivity contribution in [3.63, 3.8) is 0 Å². The van der Waals surface area contributed by atoms with Crippen molar-refractivity contribution in [1.82, 2.24) is 37.2 Å². The number of hydrogen-bond donors (Lipinski definition) is 10. The monoisotopic (exact) mass is 1100 g/mol. The van der Waals surface area contributed by atoms with E-state index in [1.54, 1.807) is 0 Å². The molecule has 0 aliphatic carbocycles. The van der Waals surface area contributed by atoms with Crippen LogP contribution in [0, 0.1) is 0 Å². The number of nitrogens with one attached hydrogen (secondary N) is 7. The third kappa shape index (κ3) is 34.5. The number of rotatable bonds is 42. The van der Waals surface area contributed by atoms with E-state index in [0.29, 0.717) is 103 Å². The predicted molar refractivity (Wildman–Crippen MR) is 263 cm³/mol. The summed E-state index contributed by atoms with van der Waals surface area (Å²) in [5.41, 5.74) is -1.04. The lowest BCUT2D eigenvalue weighted by Crippen LogP contribution is -2.44. The van der Waals surface area contributed by atoms with Crippen LogP contribution in [0.15, 0.2) is 0 Å². The summed E-state index contributed by atoms with van der Waals surface area (Å²) in [5, 5.41) is 19.0. The first-order valence-electron chi connectivity index (χ1n) is 24.1. The lowest BCUT2D eigenvalue weighted by atomic mass is 10.0. The maximum absolute atomic E-state index is 12.2. The van der Waals surface area contributed by atoms with Crippen LogP contribution in [-0.4, -0.2) is 205 Å². The standard InChI is InChI=1S/C41H77N7O19P2S2/c1-41(2,3)67-68(55,56)65-29-31(66-69(57,58)70)28-46-39(53)38(52)45-15-9-19-62-23-27-64-26-22-61-18-8-14-44-37(51)36(50)43-13-7-17-60-21-25-63-24-20-59-16-6-12-42-34(49)11-5-4-10-33-35-32(30-71-33)47-40(54)48-35/h31-33,35H,4-30H2,1-3H3,(H,42,49)(H,43,50)(H,44,51)(H,45,52)(H,46,53)(H,55,56)(H2,47,48,54)(H2,57,58,70)/i/hT. The van der Waals surface area contributed by atoms with E-state index in [1.807, 2.05) is 11.8 Å². The van der Waals surface area contributed by atoms with Crippen LogP contribution in [0.5, 0.6) is 0 Å². The Morgan fingerprint density at radius 3 is 1.62 bits per heavy atom. The molecule has 0 bridgehead atoms. The molecule has 0 radical (unpaired) electrons. The molecule has 0 spiro atoms. The highest BCUT2D eigenvalue weighted by molar-refractivity contribution is 8.06. The molecule has 2 heterocycles. The zero-order valence-corrected chi connectivity index (χ0v) is 44.4. The van der Waals surface area contributed by atoms with E-state index in [1.165, 1.54) is 20.8 Å². The van der Waals surface area contributed by atoms with Crippen LogP contribution in [0.4, 0.5) is 4.79 Å². The number of hydrogen-bond acceptors (Lipinski definition) is 19. The average molecular weight is 1100 g/mol. The fraction of sp³-hybridized carbons (Fsp3) is 0.854. The second kappa shape index (κ2) is 37.2. The van der Waals surface area contributed by atoms with Gasteiger partial charge in [-0.1, -0.05) is 6.42 Å². The topological polar surface area (TPSA) is 347 Å². The van der Waals surface area contributed by atoms with Crippen molar-refractivity contribution in [2.75, 3.05) is 124 Å². The van der Waals surface area contributed by atoms with Gasteiger partial charge in [-0.3, -0.25) is 33.0 Å². The van der Waals surface area contributed by atoms with E-state index in [2.05, 4.69) is 53.9 Å². The van der Waals surface area contributed by atoms with E-state index in [-0.39, 0.29) is 63.5 Å². The first-order chi connectivity index (χ1) is 34.3. The zero-order valence-electron chi connectivity index (χ0n) is 41.9. The Hall–Kier alpha value is -2.63. The number of phosphoric ester groups is 1. The van der Waals surface area contributed by atoms with Gasteiger partial charge in [0, 0.05) is 76.6 Å². The summed E-state index contributed by atoms with van der Waals surface area (Å²) >= 11 is 6.50. The van der Waals surface area contributed by atoms with E-state index >= 15 is 0 Å². The summed E-state index contributed by atoms with van der Waals surface area (Å²) < 4.78 is 66.7. The molecule has 71 heavy (non-hydrogen) atoms. The van der Waals surface area contributed by atoms with Gasteiger partial charge < -0.3 is 84.8 Å². The smallest absolute Gasteiger partial charge is 0.379 e. The summed E-state index contributed by atoms with van der Waals surface area (Å²) in [6.45, 7) is 4.68. The molecule has 26 nitrogen and oxygen atoms in total. The Morgan fingerprint density at radius 1 is 0.704 bits per heavy atom. The average Bonchev–Trinajstić information content (AvgIpc) is 3.88. The molecule has 2 rings (SSSR count). The van der Waals surface area contributed by atoms with Gasteiger partial charge in [0.05, 0.1) is 77.1 Å². The second-order valence-electron chi connectivity index (χ2n) is 16.9. The van der Waals surface area contributed by atoms with Gasteiger partial charge >= 0.3 is 44.2 Å². The van der Waals surface area contributed by atoms with Gasteiger partial charge in [-0.2, -0.15) is 11.8 Å².